The Labute approximate surface area is 105 Å². The molecule has 0 radical (unpaired) electrons. The van der Waals surface area contributed by atoms with Crippen LogP contribution in [0.15, 0.2) is 18.2 Å². The van der Waals surface area contributed by atoms with Crippen LogP contribution in [0.5, 0.6) is 0 Å². The van der Waals surface area contributed by atoms with E-state index in [2.05, 4.69) is 56.1 Å². The molecule has 2 nitrogen and oxygen atoms in total. The van der Waals surface area contributed by atoms with E-state index in [0.717, 1.165) is 25.7 Å². The van der Waals surface area contributed by atoms with Gasteiger partial charge in [-0.15, -0.1) is 0 Å². The van der Waals surface area contributed by atoms with E-state index in [1.807, 2.05) is 0 Å². The van der Waals surface area contributed by atoms with Crippen LogP contribution in [0.1, 0.15) is 36.6 Å². The molecule has 1 aliphatic rings. The van der Waals surface area contributed by atoms with Gasteiger partial charge in [0.25, 0.3) is 0 Å². The van der Waals surface area contributed by atoms with Crippen molar-refractivity contribution in [3.05, 3.63) is 34.9 Å². The molecule has 0 aliphatic carbocycles. The van der Waals surface area contributed by atoms with Gasteiger partial charge in [0.15, 0.2) is 0 Å². The summed E-state index contributed by atoms with van der Waals surface area (Å²) in [6.45, 7) is 12.4. The monoisotopic (exact) mass is 232 g/mol. The Bertz CT molecular complexity index is 383. The number of hydrogen-bond donors (Lipinski definition) is 1. The van der Waals surface area contributed by atoms with Gasteiger partial charge in [-0.05, 0) is 44.0 Å². The van der Waals surface area contributed by atoms with E-state index in [0.29, 0.717) is 6.04 Å². The Morgan fingerprint density at radius 3 is 2.47 bits per heavy atom. The first-order valence-corrected chi connectivity index (χ1v) is 6.67. The lowest BCUT2D eigenvalue weighted by Gasteiger charge is -2.41. The third kappa shape index (κ3) is 2.53. The van der Waals surface area contributed by atoms with Crippen LogP contribution >= 0.6 is 0 Å². The average Bonchev–Trinajstić information content (AvgIpc) is 2.26. The maximum Gasteiger partial charge on any atom is 0.0351 e. The van der Waals surface area contributed by atoms with Crippen LogP contribution in [0.25, 0.3) is 0 Å². The number of nitrogens with one attached hydrogen (secondary N) is 1. The quantitative estimate of drug-likeness (QED) is 0.858. The lowest BCUT2D eigenvalue weighted by Crippen LogP contribution is -2.57. The Balaban J connectivity index is 2.16. The minimum Gasteiger partial charge on any atom is -0.314 e. The number of hydrogen-bond acceptors (Lipinski definition) is 2. The van der Waals surface area contributed by atoms with Gasteiger partial charge in [-0.2, -0.15) is 0 Å². The average molecular weight is 232 g/mol. The van der Waals surface area contributed by atoms with Gasteiger partial charge < -0.3 is 5.32 Å². The molecule has 0 saturated carbocycles. The smallest absolute Gasteiger partial charge is 0.0351 e. The van der Waals surface area contributed by atoms with Crippen LogP contribution in [0.3, 0.4) is 0 Å². The molecule has 0 spiro atoms. The second-order valence-corrected chi connectivity index (χ2v) is 5.16. The SMILES string of the molecule is CCN(C1CNC1)C(C)c1ccc(C)c(C)c1. The van der Waals surface area contributed by atoms with Crippen molar-refractivity contribution in [3.63, 3.8) is 0 Å². The van der Waals surface area contributed by atoms with E-state index in [1.165, 1.54) is 16.7 Å². The van der Waals surface area contributed by atoms with Gasteiger partial charge in [-0.3, -0.25) is 4.90 Å². The fourth-order valence-electron chi connectivity index (χ4n) is 2.57. The van der Waals surface area contributed by atoms with Crippen LogP contribution in [0.4, 0.5) is 0 Å². The lowest BCUT2D eigenvalue weighted by atomic mass is 9.98. The molecule has 2 heteroatoms. The van der Waals surface area contributed by atoms with Gasteiger partial charge in [0.05, 0.1) is 0 Å². The maximum atomic E-state index is 3.36. The molecule has 1 heterocycles. The molecule has 1 unspecified atom stereocenters. The molecule has 1 N–H and O–H groups in total. The van der Waals surface area contributed by atoms with E-state index in [1.54, 1.807) is 0 Å². The number of likely N-dealkylation sites (N-methyl/N-ethyl adjacent to an activating group) is 1. The molecule has 17 heavy (non-hydrogen) atoms. The van der Waals surface area contributed by atoms with Gasteiger partial charge in [-0.25, -0.2) is 0 Å². The predicted molar refractivity (Wildman–Crippen MR) is 73.4 cm³/mol. The molecule has 1 aliphatic heterocycles. The van der Waals surface area contributed by atoms with Gasteiger partial charge in [0.1, 0.15) is 0 Å². The van der Waals surface area contributed by atoms with Crippen molar-refractivity contribution in [2.75, 3.05) is 19.6 Å². The van der Waals surface area contributed by atoms with Crippen molar-refractivity contribution in [2.24, 2.45) is 0 Å². The summed E-state index contributed by atoms with van der Waals surface area (Å²) < 4.78 is 0. The Hall–Kier alpha value is -0.860. The van der Waals surface area contributed by atoms with Gasteiger partial charge >= 0.3 is 0 Å². The molecule has 0 amide bonds. The Kier molecular flexibility index (Phi) is 3.85. The summed E-state index contributed by atoms with van der Waals surface area (Å²) in [5, 5.41) is 3.36. The van der Waals surface area contributed by atoms with E-state index < -0.39 is 0 Å². The third-order valence-electron chi connectivity index (χ3n) is 4.10. The van der Waals surface area contributed by atoms with Crippen molar-refractivity contribution < 1.29 is 0 Å². The maximum absolute atomic E-state index is 3.36. The van der Waals surface area contributed by atoms with Crippen LogP contribution in [0, 0.1) is 13.8 Å². The normalized spacial score (nSPS) is 18.2. The van der Waals surface area contributed by atoms with Crippen LogP contribution in [-0.4, -0.2) is 30.6 Å². The molecule has 0 aromatic heterocycles. The van der Waals surface area contributed by atoms with Crippen molar-refractivity contribution in [1.82, 2.24) is 10.2 Å². The highest BCUT2D eigenvalue weighted by atomic mass is 15.2. The standard InChI is InChI=1S/C15H24N2/c1-5-17(15-9-16-10-15)13(4)14-7-6-11(2)12(3)8-14/h6-8,13,15-16H,5,9-10H2,1-4H3. The molecule has 94 valence electrons. The highest BCUT2D eigenvalue weighted by Gasteiger charge is 2.27. The van der Waals surface area contributed by atoms with Crippen LogP contribution in [0.2, 0.25) is 0 Å². The molecule has 1 aromatic rings. The fraction of sp³-hybridized carbons (Fsp3) is 0.600. The number of nitrogens with zero attached hydrogens (tertiary/aromatic N) is 1. The third-order valence-corrected chi connectivity index (χ3v) is 4.10. The van der Waals surface area contributed by atoms with E-state index in [9.17, 15) is 0 Å². The predicted octanol–water partition coefficient (Wildman–Crippen LogP) is 2.66. The summed E-state index contributed by atoms with van der Waals surface area (Å²) in [6, 6.07) is 8.10. The zero-order valence-electron chi connectivity index (χ0n) is 11.5. The number of rotatable bonds is 4. The first kappa shape index (κ1) is 12.6. The van der Waals surface area contributed by atoms with Gasteiger partial charge in [0.2, 0.25) is 0 Å². The zero-order valence-corrected chi connectivity index (χ0v) is 11.5. The van der Waals surface area contributed by atoms with E-state index >= 15 is 0 Å². The highest BCUT2D eigenvalue weighted by Crippen LogP contribution is 2.25. The van der Waals surface area contributed by atoms with Gasteiger partial charge in [-0.1, -0.05) is 25.1 Å². The summed E-state index contributed by atoms with van der Waals surface area (Å²) in [5.41, 5.74) is 4.23. The highest BCUT2D eigenvalue weighted by molar-refractivity contribution is 5.31. The van der Waals surface area contributed by atoms with Crippen molar-refractivity contribution in [1.29, 1.82) is 0 Å². The number of benzene rings is 1. The van der Waals surface area contributed by atoms with E-state index in [4.69, 9.17) is 0 Å². The second-order valence-electron chi connectivity index (χ2n) is 5.16. The zero-order chi connectivity index (χ0) is 12.4. The minimum absolute atomic E-state index is 0.520. The molecular weight excluding hydrogens is 208 g/mol. The Morgan fingerprint density at radius 2 is 2.00 bits per heavy atom. The molecule has 1 saturated heterocycles. The van der Waals surface area contributed by atoms with Crippen molar-refractivity contribution in [2.45, 2.75) is 39.8 Å². The Morgan fingerprint density at radius 1 is 1.29 bits per heavy atom. The first-order valence-electron chi connectivity index (χ1n) is 6.67. The summed E-state index contributed by atoms with van der Waals surface area (Å²) in [6.07, 6.45) is 0. The molecule has 1 atom stereocenters. The molecule has 1 aromatic carbocycles. The van der Waals surface area contributed by atoms with E-state index in [-0.39, 0.29) is 0 Å². The largest absolute Gasteiger partial charge is 0.314 e. The minimum atomic E-state index is 0.520. The summed E-state index contributed by atoms with van der Waals surface area (Å²) in [7, 11) is 0. The van der Waals surface area contributed by atoms with Crippen LogP contribution in [-0.2, 0) is 0 Å². The molecule has 1 fully saturated rings. The topological polar surface area (TPSA) is 15.3 Å². The molecule has 0 bridgehead atoms. The summed E-state index contributed by atoms with van der Waals surface area (Å²) in [5.74, 6) is 0. The van der Waals surface area contributed by atoms with Crippen molar-refractivity contribution in [3.8, 4) is 0 Å². The molecular formula is C15H24N2. The first-order chi connectivity index (χ1) is 8.13. The second kappa shape index (κ2) is 5.19. The molecule has 2 rings (SSSR count). The lowest BCUT2D eigenvalue weighted by molar-refractivity contribution is 0.110. The van der Waals surface area contributed by atoms with Gasteiger partial charge in [0, 0.05) is 25.2 Å². The number of aryl methyl sites for hydroxylation is 2. The fourth-order valence-corrected chi connectivity index (χ4v) is 2.57. The summed E-state index contributed by atoms with van der Waals surface area (Å²) >= 11 is 0. The van der Waals surface area contributed by atoms with Crippen molar-refractivity contribution >= 4 is 0 Å². The summed E-state index contributed by atoms with van der Waals surface area (Å²) in [4.78, 5) is 2.60. The van der Waals surface area contributed by atoms with Crippen LogP contribution < -0.4 is 5.32 Å².